The zero-order valence-electron chi connectivity index (χ0n) is 17.6. The summed E-state index contributed by atoms with van der Waals surface area (Å²) >= 11 is 0. The van der Waals surface area contributed by atoms with Gasteiger partial charge in [-0.05, 0) is 37.9 Å². The van der Waals surface area contributed by atoms with Gasteiger partial charge in [-0.2, -0.15) is 0 Å². The average Bonchev–Trinajstić information content (AvgIpc) is 2.65. The van der Waals surface area contributed by atoms with E-state index in [0.717, 1.165) is 6.54 Å². The van der Waals surface area contributed by atoms with E-state index >= 15 is 0 Å². The molecule has 0 atom stereocenters. The Bertz CT molecular complexity index is 698. The summed E-state index contributed by atoms with van der Waals surface area (Å²) in [6.45, 7) is 12.3. The Balaban J connectivity index is 2.63. The van der Waals surface area contributed by atoms with Crippen molar-refractivity contribution in [1.29, 1.82) is 0 Å². The molecule has 0 saturated heterocycles. The Morgan fingerprint density at radius 1 is 1.18 bits per heavy atom. The van der Waals surface area contributed by atoms with Gasteiger partial charge in [-0.3, -0.25) is 19.7 Å². The van der Waals surface area contributed by atoms with Gasteiger partial charge in [-0.25, -0.2) is 0 Å². The number of ether oxygens (including phenoxy) is 1. The number of esters is 1. The van der Waals surface area contributed by atoms with Crippen LogP contribution in [-0.2, 0) is 9.53 Å². The molecule has 0 fully saturated rings. The van der Waals surface area contributed by atoms with Crippen LogP contribution in [0.25, 0.3) is 0 Å². The Kier molecular flexibility index (Phi) is 8.11. The molecule has 156 valence electrons. The number of nitrogens with one attached hydrogen (secondary N) is 1. The third-order valence-electron chi connectivity index (χ3n) is 5.51. The number of amides is 1. The molecule has 1 rings (SSSR count). The number of non-ortho nitro benzene ring substituents is 1. The SMILES string of the molecule is CCN(CCNC(=O)c1ccc([N+](=O)[O-])cc1)CC(C)(C)C(C)(C)C(=O)OC. The lowest BCUT2D eigenvalue weighted by atomic mass is 9.67. The number of likely N-dealkylation sites (N-methyl/N-ethyl adjacent to an activating group) is 1. The first-order valence-corrected chi connectivity index (χ1v) is 9.29. The fourth-order valence-electron chi connectivity index (χ4n) is 2.80. The maximum atomic E-state index is 12.2. The van der Waals surface area contributed by atoms with Gasteiger partial charge >= 0.3 is 5.97 Å². The van der Waals surface area contributed by atoms with Crippen LogP contribution in [0.5, 0.6) is 0 Å². The number of nitro groups is 1. The molecular weight excluding hydrogens is 362 g/mol. The fraction of sp³-hybridized carbons (Fsp3) is 0.600. The summed E-state index contributed by atoms with van der Waals surface area (Å²) in [7, 11) is 1.39. The van der Waals surface area contributed by atoms with Gasteiger partial charge in [-0.15, -0.1) is 0 Å². The summed E-state index contributed by atoms with van der Waals surface area (Å²) in [5.74, 6) is -0.528. The molecule has 1 aromatic carbocycles. The highest BCUT2D eigenvalue weighted by Crippen LogP contribution is 2.40. The molecule has 0 heterocycles. The van der Waals surface area contributed by atoms with Crippen molar-refractivity contribution in [1.82, 2.24) is 10.2 Å². The molecule has 0 spiro atoms. The molecule has 8 heteroatoms. The van der Waals surface area contributed by atoms with E-state index < -0.39 is 10.3 Å². The minimum absolute atomic E-state index is 0.0517. The van der Waals surface area contributed by atoms with E-state index in [1.807, 2.05) is 34.6 Å². The highest BCUT2D eigenvalue weighted by Gasteiger charge is 2.44. The molecule has 1 amide bonds. The Morgan fingerprint density at radius 3 is 2.21 bits per heavy atom. The number of hydrogen-bond donors (Lipinski definition) is 1. The van der Waals surface area contributed by atoms with Gasteiger partial charge in [0.05, 0.1) is 17.4 Å². The lowest BCUT2D eigenvalue weighted by molar-refractivity contribution is -0.384. The quantitative estimate of drug-likeness (QED) is 0.373. The number of rotatable bonds is 10. The second-order valence-electron chi connectivity index (χ2n) is 7.93. The third-order valence-corrected chi connectivity index (χ3v) is 5.51. The molecule has 0 aliphatic heterocycles. The topological polar surface area (TPSA) is 102 Å². The van der Waals surface area contributed by atoms with E-state index in [9.17, 15) is 19.7 Å². The number of nitro benzene ring substituents is 1. The van der Waals surface area contributed by atoms with Gasteiger partial charge in [0.15, 0.2) is 0 Å². The number of methoxy groups -OCH3 is 1. The largest absolute Gasteiger partial charge is 0.469 e. The second-order valence-corrected chi connectivity index (χ2v) is 7.93. The van der Waals surface area contributed by atoms with E-state index in [4.69, 9.17) is 4.74 Å². The van der Waals surface area contributed by atoms with Gasteiger partial charge in [0.25, 0.3) is 11.6 Å². The van der Waals surface area contributed by atoms with Crippen molar-refractivity contribution < 1.29 is 19.2 Å². The van der Waals surface area contributed by atoms with Crippen molar-refractivity contribution in [3.63, 3.8) is 0 Å². The first-order valence-electron chi connectivity index (χ1n) is 9.29. The van der Waals surface area contributed by atoms with Crippen molar-refractivity contribution >= 4 is 17.6 Å². The smallest absolute Gasteiger partial charge is 0.311 e. The zero-order valence-corrected chi connectivity index (χ0v) is 17.6. The van der Waals surface area contributed by atoms with Crippen LogP contribution in [0.15, 0.2) is 24.3 Å². The highest BCUT2D eigenvalue weighted by molar-refractivity contribution is 5.94. The second kappa shape index (κ2) is 9.64. The molecule has 1 aromatic rings. The zero-order chi connectivity index (χ0) is 21.5. The minimum Gasteiger partial charge on any atom is -0.469 e. The first kappa shape index (κ1) is 23.6. The molecule has 0 bridgehead atoms. The van der Waals surface area contributed by atoms with E-state index in [1.54, 1.807) is 0 Å². The van der Waals surface area contributed by atoms with E-state index in [1.165, 1.54) is 31.4 Å². The number of carbonyl (C=O) groups excluding carboxylic acids is 2. The van der Waals surface area contributed by atoms with Gasteiger partial charge in [0.2, 0.25) is 0 Å². The van der Waals surface area contributed by atoms with Crippen LogP contribution in [0.1, 0.15) is 45.0 Å². The third kappa shape index (κ3) is 5.76. The maximum absolute atomic E-state index is 12.2. The van der Waals surface area contributed by atoms with Crippen LogP contribution in [0.2, 0.25) is 0 Å². The summed E-state index contributed by atoms with van der Waals surface area (Å²) in [6, 6.07) is 5.50. The van der Waals surface area contributed by atoms with Crippen molar-refractivity contribution in [2.45, 2.75) is 34.6 Å². The summed E-state index contributed by atoms with van der Waals surface area (Å²) < 4.78 is 4.94. The van der Waals surface area contributed by atoms with Crippen LogP contribution in [0.4, 0.5) is 5.69 Å². The minimum atomic E-state index is -0.656. The molecule has 0 saturated carbocycles. The van der Waals surface area contributed by atoms with Crippen molar-refractivity contribution in [2.24, 2.45) is 10.8 Å². The van der Waals surface area contributed by atoms with Crippen molar-refractivity contribution in [3.8, 4) is 0 Å². The average molecular weight is 393 g/mol. The van der Waals surface area contributed by atoms with Gasteiger partial charge < -0.3 is 15.0 Å². The molecular formula is C20H31N3O5. The predicted molar refractivity (Wildman–Crippen MR) is 107 cm³/mol. The Hall–Kier alpha value is -2.48. The Labute approximate surface area is 166 Å². The number of nitrogens with zero attached hydrogens (tertiary/aromatic N) is 2. The van der Waals surface area contributed by atoms with E-state index in [2.05, 4.69) is 10.2 Å². The standard InChI is InChI=1S/C20H31N3O5/c1-7-22(14-19(2,3)20(4,5)18(25)28-6)13-12-21-17(24)15-8-10-16(11-9-15)23(26)27/h8-11H,7,12-14H2,1-6H3,(H,21,24). The van der Waals surface area contributed by atoms with E-state index in [-0.39, 0.29) is 23.0 Å². The summed E-state index contributed by atoms with van der Waals surface area (Å²) in [5, 5.41) is 13.5. The number of hydrogen-bond acceptors (Lipinski definition) is 6. The maximum Gasteiger partial charge on any atom is 0.311 e. The lowest BCUT2D eigenvalue weighted by Gasteiger charge is -2.42. The number of carbonyl (C=O) groups is 2. The monoisotopic (exact) mass is 393 g/mol. The molecule has 8 nitrogen and oxygen atoms in total. The molecule has 0 aliphatic rings. The van der Waals surface area contributed by atoms with Gasteiger partial charge in [-0.1, -0.05) is 20.8 Å². The summed E-state index contributed by atoms with van der Waals surface area (Å²) in [5.41, 5.74) is -0.666. The van der Waals surface area contributed by atoms with Crippen LogP contribution >= 0.6 is 0 Å². The summed E-state index contributed by atoms with van der Waals surface area (Å²) in [4.78, 5) is 36.7. The van der Waals surface area contributed by atoms with Crippen LogP contribution in [0.3, 0.4) is 0 Å². The molecule has 1 N–H and O–H groups in total. The highest BCUT2D eigenvalue weighted by atomic mass is 16.6. The Morgan fingerprint density at radius 2 is 1.75 bits per heavy atom. The molecule has 0 radical (unpaired) electrons. The first-order chi connectivity index (χ1) is 13.0. The summed E-state index contributed by atoms with van der Waals surface area (Å²) in [6.07, 6.45) is 0. The molecule has 0 aromatic heterocycles. The molecule has 0 aliphatic carbocycles. The normalized spacial score (nSPS) is 12.0. The number of benzene rings is 1. The fourth-order valence-corrected chi connectivity index (χ4v) is 2.80. The molecule has 28 heavy (non-hydrogen) atoms. The van der Waals surface area contributed by atoms with Crippen LogP contribution in [0, 0.1) is 20.9 Å². The van der Waals surface area contributed by atoms with Crippen molar-refractivity contribution in [2.75, 3.05) is 33.3 Å². The van der Waals surface area contributed by atoms with Gasteiger partial charge in [0.1, 0.15) is 0 Å². The van der Waals surface area contributed by atoms with Crippen LogP contribution < -0.4 is 5.32 Å². The van der Waals surface area contributed by atoms with E-state index in [0.29, 0.717) is 25.2 Å². The molecule has 0 unspecified atom stereocenters. The lowest BCUT2D eigenvalue weighted by Crippen LogP contribution is -2.48. The van der Waals surface area contributed by atoms with Crippen LogP contribution in [-0.4, -0.2) is 55.0 Å². The van der Waals surface area contributed by atoms with Crippen molar-refractivity contribution in [3.05, 3.63) is 39.9 Å². The predicted octanol–water partition coefficient (Wildman–Crippen LogP) is 2.87. The van der Waals surface area contributed by atoms with Gasteiger partial charge in [0, 0.05) is 37.3 Å².